The number of primary amides is 1. The average molecular weight is 1190 g/mol. The van der Waals surface area contributed by atoms with E-state index in [-0.39, 0.29) is 44.6 Å². The molecule has 0 saturated heterocycles. The van der Waals surface area contributed by atoms with Crippen molar-refractivity contribution in [2.75, 3.05) is 13.1 Å². The van der Waals surface area contributed by atoms with E-state index in [1.807, 2.05) is 91.5 Å². The molecule has 25 heteroatoms. The van der Waals surface area contributed by atoms with Crippen molar-refractivity contribution in [1.82, 2.24) is 72.4 Å². The molecule has 3 aromatic carbocycles. The monoisotopic (exact) mass is 1190 g/mol. The third-order valence-corrected chi connectivity index (χ3v) is 16.2. The van der Waals surface area contributed by atoms with Crippen molar-refractivity contribution in [3.63, 3.8) is 0 Å². The molecule has 2 unspecified atom stereocenters. The van der Waals surface area contributed by atoms with Gasteiger partial charge in [0.1, 0.15) is 36.3 Å². The van der Waals surface area contributed by atoms with Crippen LogP contribution in [0.1, 0.15) is 87.7 Å². The minimum atomic E-state index is -1.34. The number of benzene rings is 3. The highest BCUT2D eigenvalue weighted by molar-refractivity contribution is 5.98. The number of H-pyrrole nitrogens is 4. The smallest absolute Gasteiger partial charge is 0.321 e. The second-order valence-corrected chi connectivity index (χ2v) is 23.5. The van der Waals surface area contributed by atoms with Crippen LogP contribution in [0.5, 0.6) is 0 Å². The largest absolute Gasteiger partial charge is 0.480 e. The standard InChI is InChI=1S/C62H77N15O10/c1-32(2)20-37(29-77-30-51-42(24-52(77)62(86)87)40-14-8-11-17-45(40)72-51)70-60(84)49(22-36-26-64-31-68-36)73-54(79)28-67-61(85)55(33(3)4)76-56(80)34(5)69-59(83)48(21-35-25-65-43-15-9-6-12-38(35)43)75-57(81)46(18-19-53(63)78)74-58(82)47-23-41-39-13-7-10-16-44(39)71-50(41)27-66-47/h6-17,25-26,31-34,37,46-49,52,55,65-66,71-72H,18-24,27-30H2,1-5H3,(H2,63,78)(H,64,68)(H,67,85)(H,69,83)(H,70,84)(H,73,79)(H,74,82)(H,75,81)(H,76,80)(H,86,87)/t34-,37-,46-,47?,48-,49-,52?,55-/m0/s1. The van der Waals surface area contributed by atoms with Gasteiger partial charge >= 0.3 is 5.97 Å². The van der Waals surface area contributed by atoms with E-state index in [0.29, 0.717) is 37.2 Å². The molecule has 0 fully saturated rings. The number of imidazole rings is 1. The van der Waals surface area contributed by atoms with Crippen LogP contribution in [-0.2, 0) is 81.9 Å². The van der Waals surface area contributed by atoms with Gasteiger partial charge in [0.2, 0.25) is 47.3 Å². The third-order valence-electron chi connectivity index (χ3n) is 16.2. The summed E-state index contributed by atoms with van der Waals surface area (Å²) in [7, 11) is 0. The highest BCUT2D eigenvalue weighted by Crippen LogP contribution is 2.31. The van der Waals surface area contributed by atoms with Gasteiger partial charge in [-0.2, -0.15) is 0 Å². The van der Waals surface area contributed by atoms with Crippen LogP contribution in [0.3, 0.4) is 0 Å². The zero-order valence-electron chi connectivity index (χ0n) is 49.3. The number of carboxylic acids is 1. The second-order valence-electron chi connectivity index (χ2n) is 23.5. The molecule has 0 radical (unpaired) electrons. The van der Waals surface area contributed by atoms with Crippen molar-refractivity contribution < 1.29 is 48.3 Å². The Morgan fingerprint density at radius 3 is 1.97 bits per heavy atom. The SMILES string of the molecule is CC(C)C[C@@H](CN1Cc2[nH]c3ccccc3c2CC1C(=O)O)NC(=O)[C@H](Cc1cnc[nH]1)NC(=O)CNC(=O)[C@@H](NC(=O)[C@H](C)NC(=O)[C@H](Cc1c[nH]c2ccccc12)NC(=O)[C@H](CCC(N)=O)NC(=O)C1Cc2c([nH]c3ccccc23)CN1)C(C)C. The summed E-state index contributed by atoms with van der Waals surface area (Å²) in [5, 5.41) is 35.7. The van der Waals surface area contributed by atoms with Crippen molar-refractivity contribution >= 4 is 85.9 Å². The molecule has 2 aliphatic rings. The summed E-state index contributed by atoms with van der Waals surface area (Å²) in [6, 6.07) is 14.4. The molecule has 15 N–H and O–H groups in total. The Labute approximate surface area is 501 Å². The van der Waals surface area contributed by atoms with Crippen LogP contribution in [0.25, 0.3) is 32.7 Å². The molecule has 0 spiro atoms. The summed E-state index contributed by atoms with van der Waals surface area (Å²) in [6.07, 6.45) is 5.24. The van der Waals surface area contributed by atoms with Crippen molar-refractivity contribution in [1.29, 1.82) is 0 Å². The number of carbonyl (C=O) groups is 9. The summed E-state index contributed by atoms with van der Waals surface area (Å²) < 4.78 is 0. The molecule has 8 atom stereocenters. The van der Waals surface area contributed by atoms with E-state index in [2.05, 4.69) is 67.5 Å². The lowest BCUT2D eigenvalue weighted by molar-refractivity contribution is -0.144. The van der Waals surface area contributed by atoms with Gasteiger partial charge in [0.15, 0.2) is 0 Å². The van der Waals surface area contributed by atoms with Crippen molar-refractivity contribution in [3.05, 3.63) is 125 Å². The molecule has 460 valence electrons. The molecule has 6 heterocycles. The molecule has 7 aromatic rings. The van der Waals surface area contributed by atoms with Crippen LogP contribution in [0.2, 0.25) is 0 Å². The van der Waals surface area contributed by atoms with Gasteiger partial charge in [-0.25, -0.2) is 4.98 Å². The molecule has 0 aliphatic carbocycles. The minimum Gasteiger partial charge on any atom is -0.480 e. The van der Waals surface area contributed by atoms with Crippen LogP contribution in [0.4, 0.5) is 0 Å². The van der Waals surface area contributed by atoms with Crippen LogP contribution in [0.15, 0.2) is 91.5 Å². The van der Waals surface area contributed by atoms with Crippen LogP contribution in [0, 0.1) is 11.8 Å². The fraction of sp³-hybridized carbons (Fsp3) is 0.419. The molecule has 4 aromatic heterocycles. The number of nitrogens with one attached hydrogen (secondary N) is 12. The number of fused-ring (bicyclic) bond motifs is 7. The van der Waals surface area contributed by atoms with Gasteiger partial charge in [0, 0.05) is 114 Å². The number of hydrogen-bond donors (Lipinski definition) is 14. The second kappa shape index (κ2) is 27.8. The van der Waals surface area contributed by atoms with Crippen LogP contribution in [-0.4, -0.2) is 150 Å². The maximum atomic E-state index is 14.4. The summed E-state index contributed by atoms with van der Waals surface area (Å²) in [5.41, 5.74) is 13.1. The fourth-order valence-corrected chi connectivity index (χ4v) is 11.7. The highest BCUT2D eigenvalue weighted by atomic mass is 16.4. The predicted molar refractivity (Wildman–Crippen MR) is 324 cm³/mol. The zero-order valence-corrected chi connectivity index (χ0v) is 49.3. The predicted octanol–water partition coefficient (Wildman–Crippen LogP) is 1.88. The van der Waals surface area contributed by atoms with Crippen molar-refractivity contribution in [2.45, 2.75) is 141 Å². The van der Waals surface area contributed by atoms with E-state index < -0.39 is 114 Å². The van der Waals surface area contributed by atoms with E-state index in [0.717, 1.165) is 55.2 Å². The zero-order chi connectivity index (χ0) is 62.1. The number of carboxylic acid groups (broad SMARTS) is 1. The van der Waals surface area contributed by atoms with Gasteiger partial charge < -0.3 is 68.0 Å². The molecule has 0 bridgehead atoms. The van der Waals surface area contributed by atoms with E-state index in [1.165, 1.54) is 19.4 Å². The Kier molecular flexibility index (Phi) is 19.9. The molecule has 9 rings (SSSR count). The lowest BCUT2D eigenvalue weighted by Gasteiger charge is -2.36. The Morgan fingerprint density at radius 1 is 0.678 bits per heavy atom. The number of hydrogen-bond acceptors (Lipinski definition) is 12. The van der Waals surface area contributed by atoms with Crippen molar-refractivity contribution in [2.24, 2.45) is 17.6 Å². The number of aliphatic carboxylic acids is 1. The number of para-hydroxylation sites is 3. The third kappa shape index (κ3) is 15.4. The average Bonchev–Trinajstić information content (AvgIpc) is 3.76. The topological polar surface area (TPSA) is 375 Å². The Bertz CT molecular complexity index is 3660. The minimum absolute atomic E-state index is 0.00126. The molecule has 0 saturated carbocycles. The van der Waals surface area contributed by atoms with E-state index in [9.17, 15) is 48.3 Å². The number of nitrogens with zero attached hydrogens (tertiary/aromatic N) is 2. The number of nitrogens with two attached hydrogens (primary N) is 1. The van der Waals surface area contributed by atoms with E-state index >= 15 is 0 Å². The molecular formula is C62H77N15O10. The first-order chi connectivity index (χ1) is 41.7. The van der Waals surface area contributed by atoms with Crippen LogP contribution < -0.4 is 48.3 Å². The quantitative estimate of drug-likeness (QED) is 0.0350. The lowest BCUT2D eigenvalue weighted by atomic mass is 9.95. The van der Waals surface area contributed by atoms with E-state index in [1.54, 1.807) is 20.0 Å². The Hall–Kier alpha value is -9.36. The number of carbonyl (C=O) groups excluding carboxylic acids is 8. The maximum absolute atomic E-state index is 14.4. The summed E-state index contributed by atoms with van der Waals surface area (Å²) >= 11 is 0. The van der Waals surface area contributed by atoms with Crippen molar-refractivity contribution in [3.8, 4) is 0 Å². The Morgan fingerprint density at radius 2 is 1.31 bits per heavy atom. The highest BCUT2D eigenvalue weighted by Gasteiger charge is 2.38. The van der Waals surface area contributed by atoms with E-state index in [4.69, 9.17) is 5.73 Å². The van der Waals surface area contributed by atoms with Gasteiger partial charge in [0.05, 0.1) is 18.9 Å². The first-order valence-electron chi connectivity index (χ1n) is 29.5. The maximum Gasteiger partial charge on any atom is 0.321 e. The molecular weight excluding hydrogens is 1110 g/mol. The normalized spacial score (nSPS) is 17.0. The van der Waals surface area contributed by atoms with Gasteiger partial charge in [-0.05, 0) is 72.9 Å². The number of rotatable bonds is 27. The number of amides is 8. The Balaban J connectivity index is 0.828. The molecule has 87 heavy (non-hydrogen) atoms. The lowest BCUT2D eigenvalue weighted by Crippen LogP contribution is -2.60. The van der Waals surface area contributed by atoms with Crippen LogP contribution >= 0.6 is 0 Å². The summed E-state index contributed by atoms with van der Waals surface area (Å²) in [5.74, 6) is -6.93. The number of aromatic amines is 4. The van der Waals surface area contributed by atoms with Gasteiger partial charge in [0.25, 0.3) is 0 Å². The fourth-order valence-electron chi connectivity index (χ4n) is 11.7. The first kappa shape index (κ1) is 62.2. The molecule has 2 aliphatic heterocycles. The molecule has 8 amide bonds. The first-order valence-corrected chi connectivity index (χ1v) is 29.5. The number of aromatic nitrogens is 5. The van der Waals surface area contributed by atoms with Gasteiger partial charge in [-0.15, -0.1) is 0 Å². The summed E-state index contributed by atoms with van der Waals surface area (Å²) in [4.78, 5) is 142. The summed E-state index contributed by atoms with van der Waals surface area (Å²) in [6.45, 7) is 9.05. The molecule has 25 nitrogen and oxygen atoms in total. The van der Waals surface area contributed by atoms with Gasteiger partial charge in [-0.3, -0.25) is 53.4 Å². The van der Waals surface area contributed by atoms with Gasteiger partial charge in [-0.1, -0.05) is 82.3 Å².